The number of benzene rings is 3. The zero-order valence-electron chi connectivity index (χ0n) is 19.3. The molecule has 0 saturated heterocycles. The van der Waals surface area contributed by atoms with Crippen LogP contribution in [0.1, 0.15) is 30.0 Å². The summed E-state index contributed by atoms with van der Waals surface area (Å²) in [5.41, 5.74) is 4.76. The fourth-order valence-corrected chi connectivity index (χ4v) is 3.76. The molecule has 1 unspecified atom stereocenters. The van der Waals surface area contributed by atoms with E-state index in [0.29, 0.717) is 28.7 Å². The van der Waals surface area contributed by atoms with Gasteiger partial charge in [0.25, 0.3) is 5.91 Å². The minimum Gasteiger partial charge on any atom is -0.473 e. The summed E-state index contributed by atoms with van der Waals surface area (Å²) in [5.74, 6) is 0.0449. The van der Waals surface area contributed by atoms with Gasteiger partial charge in [0.2, 0.25) is 11.2 Å². The number of hydrogen-bond acceptors (Lipinski definition) is 4. The molecule has 1 atom stereocenters. The van der Waals surface area contributed by atoms with E-state index >= 15 is 0 Å². The first-order chi connectivity index (χ1) is 15.9. The standard InChI is InChI=1S/C28H27NO4/c1-5-23(28(31)29-22-15-12-18(3)16-19(22)4)32-27-25(30)21-8-6-7-9-24(21)33-26(27)20-13-10-17(2)11-14-20/h6-16,23H,5H2,1-4H3,(H,29,31). The number of carbonyl (C=O) groups excluding carboxylic acids is 1. The number of hydrogen-bond donors (Lipinski definition) is 1. The van der Waals surface area contributed by atoms with Crippen LogP contribution in [0.4, 0.5) is 5.69 Å². The van der Waals surface area contributed by atoms with Gasteiger partial charge in [-0.15, -0.1) is 0 Å². The van der Waals surface area contributed by atoms with E-state index in [9.17, 15) is 9.59 Å². The van der Waals surface area contributed by atoms with Crippen LogP contribution < -0.4 is 15.5 Å². The SMILES string of the molecule is CCC(Oc1c(-c2ccc(C)cc2)oc2ccccc2c1=O)C(=O)Nc1ccc(C)cc1C. The lowest BCUT2D eigenvalue weighted by Crippen LogP contribution is -2.34. The Morgan fingerprint density at radius 1 is 0.970 bits per heavy atom. The van der Waals surface area contributed by atoms with E-state index in [-0.39, 0.29) is 17.1 Å². The van der Waals surface area contributed by atoms with Crippen molar-refractivity contribution in [1.82, 2.24) is 0 Å². The predicted molar refractivity (Wildman–Crippen MR) is 132 cm³/mol. The number of ether oxygens (including phenoxy) is 1. The fraction of sp³-hybridized carbons (Fsp3) is 0.214. The van der Waals surface area contributed by atoms with Crippen molar-refractivity contribution in [3.63, 3.8) is 0 Å². The average molecular weight is 442 g/mol. The van der Waals surface area contributed by atoms with Crippen molar-refractivity contribution >= 4 is 22.6 Å². The smallest absolute Gasteiger partial charge is 0.265 e. The monoisotopic (exact) mass is 441 g/mol. The Morgan fingerprint density at radius 2 is 1.67 bits per heavy atom. The van der Waals surface area contributed by atoms with Gasteiger partial charge in [0.1, 0.15) is 5.58 Å². The van der Waals surface area contributed by atoms with E-state index in [0.717, 1.165) is 22.4 Å². The summed E-state index contributed by atoms with van der Waals surface area (Å²) in [6, 6.07) is 20.5. The van der Waals surface area contributed by atoms with Crippen LogP contribution in [-0.2, 0) is 4.79 Å². The van der Waals surface area contributed by atoms with Gasteiger partial charge in [-0.05, 0) is 51.0 Å². The van der Waals surface area contributed by atoms with Crippen LogP contribution in [0.3, 0.4) is 0 Å². The second kappa shape index (κ2) is 9.33. The molecule has 0 aliphatic rings. The third kappa shape index (κ3) is 4.67. The topological polar surface area (TPSA) is 68.5 Å². The average Bonchev–Trinajstić information content (AvgIpc) is 2.81. The van der Waals surface area contributed by atoms with Crippen LogP contribution in [0, 0.1) is 20.8 Å². The third-order valence-electron chi connectivity index (χ3n) is 5.63. The van der Waals surface area contributed by atoms with Crippen LogP contribution in [0.15, 0.2) is 75.9 Å². The summed E-state index contributed by atoms with van der Waals surface area (Å²) >= 11 is 0. The molecule has 0 spiro atoms. The summed E-state index contributed by atoms with van der Waals surface area (Å²) < 4.78 is 12.2. The molecule has 4 aromatic rings. The number of para-hydroxylation sites is 1. The molecule has 5 heteroatoms. The first-order valence-electron chi connectivity index (χ1n) is 11.0. The van der Waals surface area contributed by atoms with Crippen molar-refractivity contribution in [3.05, 3.63) is 93.6 Å². The maximum atomic E-state index is 13.4. The lowest BCUT2D eigenvalue weighted by Gasteiger charge is -2.19. The third-order valence-corrected chi connectivity index (χ3v) is 5.63. The molecule has 0 radical (unpaired) electrons. The van der Waals surface area contributed by atoms with Crippen molar-refractivity contribution < 1.29 is 13.9 Å². The quantitative estimate of drug-likeness (QED) is 0.388. The number of rotatable bonds is 6. The molecule has 0 aliphatic carbocycles. The highest BCUT2D eigenvalue weighted by molar-refractivity contribution is 5.95. The molecule has 1 heterocycles. The Bertz CT molecular complexity index is 1370. The van der Waals surface area contributed by atoms with Crippen molar-refractivity contribution in [2.45, 2.75) is 40.2 Å². The highest BCUT2D eigenvalue weighted by atomic mass is 16.5. The maximum absolute atomic E-state index is 13.4. The van der Waals surface area contributed by atoms with Gasteiger partial charge in [0.15, 0.2) is 11.9 Å². The molecule has 0 fully saturated rings. The minimum atomic E-state index is -0.862. The van der Waals surface area contributed by atoms with E-state index in [1.807, 2.05) is 76.2 Å². The molecular weight excluding hydrogens is 414 g/mol. The lowest BCUT2D eigenvalue weighted by molar-refractivity contribution is -0.122. The molecule has 33 heavy (non-hydrogen) atoms. The number of aryl methyl sites for hydroxylation is 3. The Kier molecular flexibility index (Phi) is 6.31. The van der Waals surface area contributed by atoms with Crippen molar-refractivity contribution in [3.8, 4) is 17.1 Å². The predicted octanol–water partition coefficient (Wildman–Crippen LogP) is 6.18. The molecular formula is C28H27NO4. The highest BCUT2D eigenvalue weighted by Gasteiger charge is 2.25. The molecule has 0 saturated carbocycles. The minimum absolute atomic E-state index is 0.0418. The Labute approximate surface area is 193 Å². The molecule has 0 bridgehead atoms. The summed E-state index contributed by atoms with van der Waals surface area (Å²) in [4.78, 5) is 26.5. The molecule has 1 aromatic heterocycles. The van der Waals surface area contributed by atoms with E-state index in [2.05, 4.69) is 5.32 Å². The van der Waals surface area contributed by atoms with Gasteiger partial charge in [-0.2, -0.15) is 0 Å². The first-order valence-corrected chi connectivity index (χ1v) is 11.0. The molecule has 1 N–H and O–H groups in total. The summed E-state index contributed by atoms with van der Waals surface area (Å²) in [6.45, 7) is 7.78. The number of anilines is 1. The van der Waals surface area contributed by atoms with E-state index in [1.165, 1.54) is 0 Å². The fourth-order valence-electron chi connectivity index (χ4n) is 3.76. The molecule has 5 nitrogen and oxygen atoms in total. The molecule has 1 amide bonds. The second-order valence-electron chi connectivity index (χ2n) is 8.27. The Hall–Kier alpha value is -3.86. The largest absolute Gasteiger partial charge is 0.473 e. The van der Waals surface area contributed by atoms with Gasteiger partial charge in [-0.3, -0.25) is 9.59 Å². The molecule has 0 aliphatic heterocycles. The van der Waals surface area contributed by atoms with Crippen LogP contribution in [0.5, 0.6) is 5.75 Å². The van der Waals surface area contributed by atoms with Crippen LogP contribution in [0.2, 0.25) is 0 Å². The van der Waals surface area contributed by atoms with Gasteiger partial charge in [-0.25, -0.2) is 0 Å². The highest BCUT2D eigenvalue weighted by Crippen LogP contribution is 2.32. The summed E-state index contributed by atoms with van der Waals surface area (Å²) in [7, 11) is 0. The number of nitrogens with one attached hydrogen (secondary N) is 1. The van der Waals surface area contributed by atoms with Crippen molar-refractivity contribution in [1.29, 1.82) is 0 Å². The van der Waals surface area contributed by atoms with E-state index in [1.54, 1.807) is 18.2 Å². The van der Waals surface area contributed by atoms with Gasteiger partial charge in [0, 0.05) is 11.3 Å². The molecule has 3 aromatic carbocycles. The second-order valence-corrected chi connectivity index (χ2v) is 8.27. The van der Waals surface area contributed by atoms with Gasteiger partial charge < -0.3 is 14.5 Å². The van der Waals surface area contributed by atoms with E-state index in [4.69, 9.17) is 9.15 Å². The van der Waals surface area contributed by atoms with Crippen LogP contribution in [-0.4, -0.2) is 12.0 Å². The molecule has 4 rings (SSSR count). The van der Waals surface area contributed by atoms with Gasteiger partial charge in [-0.1, -0.05) is 66.6 Å². The summed E-state index contributed by atoms with van der Waals surface area (Å²) in [6.07, 6.45) is -0.477. The zero-order valence-corrected chi connectivity index (χ0v) is 19.3. The van der Waals surface area contributed by atoms with E-state index < -0.39 is 6.10 Å². The number of fused-ring (bicyclic) bond motifs is 1. The van der Waals surface area contributed by atoms with Gasteiger partial charge >= 0.3 is 0 Å². The number of amides is 1. The normalized spacial score (nSPS) is 11.9. The van der Waals surface area contributed by atoms with Crippen molar-refractivity contribution in [2.75, 3.05) is 5.32 Å². The van der Waals surface area contributed by atoms with Gasteiger partial charge in [0.05, 0.1) is 5.39 Å². The van der Waals surface area contributed by atoms with Crippen molar-refractivity contribution in [2.24, 2.45) is 0 Å². The zero-order chi connectivity index (χ0) is 23.5. The first kappa shape index (κ1) is 22.3. The van der Waals surface area contributed by atoms with Crippen LogP contribution in [0.25, 0.3) is 22.3 Å². The number of carbonyl (C=O) groups is 1. The summed E-state index contributed by atoms with van der Waals surface area (Å²) in [5, 5.41) is 3.35. The Balaban J connectivity index is 1.74. The Morgan fingerprint density at radius 3 is 2.36 bits per heavy atom. The van der Waals surface area contributed by atoms with Crippen LogP contribution >= 0.6 is 0 Å². The molecule has 168 valence electrons. The maximum Gasteiger partial charge on any atom is 0.265 e. The lowest BCUT2D eigenvalue weighted by atomic mass is 10.1.